The van der Waals surface area contributed by atoms with E-state index in [1.807, 2.05) is 13.1 Å². The van der Waals surface area contributed by atoms with Crippen LogP contribution >= 0.6 is 0 Å². The van der Waals surface area contributed by atoms with Gasteiger partial charge in [-0.1, -0.05) is 6.07 Å². The first-order valence-corrected chi connectivity index (χ1v) is 12.1. The van der Waals surface area contributed by atoms with E-state index in [1.54, 1.807) is 46.8 Å². The molecule has 2 amide bonds. The van der Waals surface area contributed by atoms with Crippen molar-refractivity contribution < 1.29 is 29.6 Å². The quantitative estimate of drug-likeness (QED) is 0.160. The van der Waals surface area contributed by atoms with Crippen LogP contribution in [0, 0.1) is 5.92 Å². The SMILES string of the molecule is COc1c(Nc2cc(NC(=O)C3CC3)nnc2C(=O)NC(O)(O)O)cccc1-c1ncc(-c2ccnn2C)cn1. The van der Waals surface area contributed by atoms with Crippen LogP contribution in [0.5, 0.6) is 5.75 Å². The fraction of sp³-hybridized carbons (Fsp3) is 0.240. The number of nitrogens with zero attached hydrogens (tertiary/aromatic N) is 6. The summed E-state index contributed by atoms with van der Waals surface area (Å²) in [6, 6.07) is 8.31. The first-order valence-electron chi connectivity index (χ1n) is 12.1. The third-order valence-electron chi connectivity index (χ3n) is 5.99. The lowest BCUT2D eigenvalue weighted by Gasteiger charge is -2.18. The van der Waals surface area contributed by atoms with Crippen molar-refractivity contribution in [2.75, 3.05) is 17.7 Å². The number of hydrogen-bond acceptors (Lipinski definition) is 12. The summed E-state index contributed by atoms with van der Waals surface area (Å²) in [6.45, 7) is 0. The number of carbonyl (C=O) groups is 2. The molecular formula is C25H25N9O6. The molecule has 206 valence electrons. The Morgan fingerprint density at radius 2 is 1.82 bits per heavy atom. The van der Waals surface area contributed by atoms with Crippen LogP contribution in [0.2, 0.25) is 0 Å². The maximum atomic E-state index is 12.6. The normalized spacial score (nSPS) is 13.0. The van der Waals surface area contributed by atoms with Crippen LogP contribution in [0.4, 0.5) is 17.2 Å². The molecule has 3 aromatic heterocycles. The number of hydrogen-bond donors (Lipinski definition) is 6. The predicted molar refractivity (Wildman–Crippen MR) is 140 cm³/mol. The van der Waals surface area contributed by atoms with Gasteiger partial charge in [0.2, 0.25) is 5.91 Å². The number of anilines is 3. The number of nitrogens with one attached hydrogen (secondary N) is 3. The maximum Gasteiger partial charge on any atom is 0.369 e. The number of aliphatic hydroxyl groups is 3. The molecule has 15 heteroatoms. The number of methoxy groups -OCH3 is 1. The zero-order valence-electron chi connectivity index (χ0n) is 21.4. The Bertz CT molecular complexity index is 1560. The molecule has 0 bridgehead atoms. The van der Waals surface area contributed by atoms with E-state index >= 15 is 0 Å². The topological polar surface area (TPSA) is 210 Å². The summed E-state index contributed by atoms with van der Waals surface area (Å²) >= 11 is 0. The van der Waals surface area contributed by atoms with Crippen LogP contribution in [0.25, 0.3) is 22.6 Å². The van der Waals surface area contributed by atoms with E-state index in [0.29, 0.717) is 22.8 Å². The van der Waals surface area contributed by atoms with Gasteiger partial charge in [-0.05, 0) is 31.0 Å². The van der Waals surface area contributed by atoms with Crippen LogP contribution in [0.15, 0.2) is 48.9 Å². The molecule has 1 aromatic carbocycles. The molecule has 0 atom stereocenters. The Kier molecular flexibility index (Phi) is 7.08. The minimum Gasteiger partial charge on any atom is -0.494 e. The number of aryl methyl sites for hydroxylation is 1. The van der Waals surface area contributed by atoms with Crippen molar-refractivity contribution >= 4 is 29.0 Å². The van der Waals surface area contributed by atoms with Gasteiger partial charge in [0.05, 0.1) is 29.7 Å². The largest absolute Gasteiger partial charge is 0.494 e. The van der Waals surface area contributed by atoms with Crippen LogP contribution in [-0.4, -0.2) is 70.3 Å². The van der Waals surface area contributed by atoms with E-state index in [1.165, 1.54) is 13.2 Å². The third kappa shape index (κ3) is 5.85. The van der Waals surface area contributed by atoms with Crippen molar-refractivity contribution in [3.63, 3.8) is 0 Å². The Labute approximate surface area is 226 Å². The third-order valence-corrected chi connectivity index (χ3v) is 5.99. The number of para-hydroxylation sites is 1. The Morgan fingerprint density at radius 1 is 1.07 bits per heavy atom. The molecule has 0 radical (unpaired) electrons. The van der Waals surface area contributed by atoms with Crippen LogP contribution in [-0.2, 0) is 11.8 Å². The lowest BCUT2D eigenvalue weighted by molar-refractivity contribution is -0.323. The summed E-state index contributed by atoms with van der Waals surface area (Å²) in [7, 11) is 3.26. The van der Waals surface area contributed by atoms with Crippen LogP contribution < -0.4 is 20.7 Å². The van der Waals surface area contributed by atoms with Crippen molar-refractivity contribution in [2.24, 2.45) is 13.0 Å². The highest BCUT2D eigenvalue weighted by molar-refractivity contribution is 6.00. The highest BCUT2D eigenvalue weighted by Gasteiger charge is 2.31. The monoisotopic (exact) mass is 547 g/mol. The van der Waals surface area contributed by atoms with Crippen molar-refractivity contribution in [3.05, 3.63) is 54.6 Å². The van der Waals surface area contributed by atoms with Gasteiger partial charge in [0.15, 0.2) is 23.1 Å². The second-order valence-electron chi connectivity index (χ2n) is 8.99. The molecule has 3 heterocycles. The van der Waals surface area contributed by atoms with Gasteiger partial charge in [0.25, 0.3) is 5.91 Å². The second kappa shape index (κ2) is 10.6. The molecule has 0 saturated heterocycles. The molecule has 1 fully saturated rings. The Balaban J connectivity index is 1.49. The predicted octanol–water partition coefficient (Wildman–Crippen LogP) is 0.753. The lowest BCUT2D eigenvalue weighted by atomic mass is 10.1. The number of amides is 2. The molecule has 0 spiro atoms. The fourth-order valence-corrected chi connectivity index (χ4v) is 3.93. The summed E-state index contributed by atoms with van der Waals surface area (Å²) in [5.41, 5.74) is 2.11. The molecule has 6 N–H and O–H groups in total. The second-order valence-corrected chi connectivity index (χ2v) is 8.99. The van der Waals surface area contributed by atoms with Gasteiger partial charge in [-0.3, -0.25) is 19.6 Å². The summed E-state index contributed by atoms with van der Waals surface area (Å²) in [5.74, 6) is -0.761. The number of carbonyl (C=O) groups excluding carboxylic acids is 2. The summed E-state index contributed by atoms with van der Waals surface area (Å²) in [4.78, 5) is 33.9. The smallest absolute Gasteiger partial charge is 0.369 e. The molecular weight excluding hydrogens is 522 g/mol. The average Bonchev–Trinajstić information content (AvgIpc) is 3.68. The standard InChI is InChI=1S/C25H25N9O6/c1-34-18(8-9-28-34)14-11-26-22(27-12-14)15-4-3-5-16(21(15)40-2)29-17-10-19(30-23(35)13-6-7-13)32-33-20(17)24(36)31-25(37,38)39/h3-5,8-13,37-39H,6-7H2,1-2H3,(H,31,36)(H2,29,30,32,35). The number of benzene rings is 1. The summed E-state index contributed by atoms with van der Waals surface area (Å²) in [6.07, 6.45) is 3.04. The van der Waals surface area contributed by atoms with Crippen LogP contribution in [0.3, 0.4) is 0 Å². The fourth-order valence-electron chi connectivity index (χ4n) is 3.93. The Hall–Kier alpha value is -4.99. The minimum atomic E-state index is -3.49. The van der Waals surface area contributed by atoms with Crippen molar-refractivity contribution in [2.45, 2.75) is 18.9 Å². The molecule has 0 unspecified atom stereocenters. The van der Waals surface area contributed by atoms with Crippen molar-refractivity contribution in [1.29, 1.82) is 0 Å². The number of ether oxygens (including phenoxy) is 1. The van der Waals surface area contributed by atoms with Gasteiger partial charge in [-0.25, -0.2) is 9.97 Å². The molecule has 40 heavy (non-hydrogen) atoms. The summed E-state index contributed by atoms with van der Waals surface area (Å²) < 4.78 is 7.36. The van der Waals surface area contributed by atoms with E-state index in [9.17, 15) is 24.9 Å². The van der Waals surface area contributed by atoms with Crippen molar-refractivity contribution in [1.82, 2.24) is 35.3 Å². The van der Waals surface area contributed by atoms with E-state index in [0.717, 1.165) is 24.1 Å². The molecule has 1 aliphatic carbocycles. The van der Waals surface area contributed by atoms with E-state index in [2.05, 4.69) is 35.9 Å². The van der Waals surface area contributed by atoms with Gasteiger partial charge in [-0.15, -0.1) is 10.2 Å². The van der Waals surface area contributed by atoms with Gasteiger partial charge in [-0.2, -0.15) is 5.10 Å². The maximum absolute atomic E-state index is 12.6. The van der Waals surface area contributed by atoms with E-state index in [-0.39, 0.29) is 23.3 Å². The van der Waals surface area contributed by atoms with Gasteiger partial charge in [0.1, 0.15) is 0 Å². The van der Waals surface area contributed by atoms with Crippen LogP contribution in [0.1, 0.15) is 23.3 Å². The van der Waals surface area contributed by atoms with Gasteiger partial charge in [0, 0.05) is 43.2 Å². The Morgan fingerprint density at radius 3 is 2.45 bits per heavy atom. The van der Waals surface area contributed by atoms with Crippen molar-refractivity contribution in [3.8, 4) is 28.4 Å². The van der Waals surface area contributed by atoms with Gasteiger partial charge < -0.3 is 30.7 Å². The van der Waals surface area contributed by atoms with E-state index < -0.39 is 17.7 Å². The number of rotatable bonds is 9. The van der Waals surface area contributed by atoms with Gasteiger partial charge >= 0.3 is 6.10 Å². The zero-order chi connectivity index (χ0) is 28.4. The van der Waals surface area contributed by atoms with E-state index in [4.69, 9.17) is 4.74 Å². The number of aromatic nitrogens is 6. The highest BCUT2D eigenvalue weighted by Crippen LogP contribution is 2.37. The molecule has 5 rings (SSSR count). The average molecular weight is 548 g/mol. The first kappa shape index (κ1) is 26.6. The highest BCUT2D eigenvalue weighted by atomic mass is 16.7. The molecule has 1 aliphatic rings. The molecule has 0 aliphatic heterocycles. The molecule has 4 aromatic rings. The molecule has 15 nitrogen and oxygen atoms in total. The summed E-state index contributed by atoms with van der Waals surface area (Å²) in [5, 5.41) is 46.7. The molecule has 1 saturated carbocycles. The first-order chi connectivity index (χ1) is 19.1. The lowest BCUT2D eigenvalue weighted by Crippen LogP contribution is -2.48. The minimum absolute atomic E-state index is 0.0192. The zero-order valence-corrected chi connectivity index (χ0v) is 21.4.